The summed E-state index contributed by atoms with van der Waals surface area (Å²) >= 11 is 1.39. The van der Waals surface area contributed by atoms with Gasteiger partial charge in [-0.25, -0.2) is 14.4 Å². The molecule has 0 spiro atoms. The van der Waals surface area contributed by atoms with Gasteiger partial charge < -0.3 is 10.5 Å². The highest BCUT2D eigenvalue weighted by molar-refractivity contribution is 7.13. The van der Waals surface area contributed by atoms with Gasteiger partial charge in [-0.15, -0.1) is 11.3 Å². The average Bonchev–Trinajstić information content (AvgIpc) is 2.96. The monoisotopic (exact) mass is 301 g/mol. The molecule has 2 aromatic heterocycles. The van der Waals surface area contributed by atoms with Crippen molar-refractivity contribution in [3.8, 4) is 27.6 Å². The van der Waals surface area contributed by atoms with E-state index in [4.69, 9.17) is 10.5 Å². The van der Waals surface area contributed by atoms with E-state index in [1.807, 2.05) is 6.07 Å². The summed E-state index contributed by atoms with van der Waals surface area (Å²) < 4.78 is 19.3. The molecule has 2 heterocycles. The molecule has 0 unspecified atom stereocenters. The first-order chi connectivity index (χ1) is 10.2. The van der Waals surface area contributed by atoms with E-state index in [0.717, 1.165) is 5.56 Å². The number of methoxy groups -OCH3 is 1. The Hall–Kier alpha value is -2.47. The predicted octanol–water partition coefficient (Wildman–Crippen LogP) is 3.60. The zero-order valence-electron chi connectivity index (χ0n) is 11.2. The maximum Gasteiger partial charge on any atom is 0.136 e. The number of benzene rings is 1. The maximum atomic E-state index is 14.1. The molecule has 0 aliphatic heterocycles. The molecule has 0 aliphatic rings. The van der Waals surface area contributed by atoms with Crippen LogP contribution in [-0.2, 0) is 0 Å². The Labute approximate surface area is 125 Å². The van der Waals surface area contributed by atoms with Crippen LogP contribution in [0, 0.1) is 5.82 Å². The molecule has 6 heteroatoms. The van der Waals surface area contributed by atoms with Crippen LogP contribution in [0.1, 0.15) is 0 Å². The molecule has 2 N–H and O–H groups in total. The first kappa shape index (κ1) is 13.5. The molecule has 3 rings (SSSR count). The lowest BCUT2D eigenvalue weighted by atomic mass is 10.1. The lowest BCUT2D eigenvalue weighted by molar-refractivity contribution is 0.413. The first-order valence-corrected chi connectivity index (χ1v) is 7.08. The smallest absolute Gasteiger partial charge is 0.136 e. The Bertz CT molecular complexity index is 788. The van der Waals surface area contributed by atoms with Crippen molar-refractivity contribution in [2.45, 2.75) is 0 Å². The molecule has 0 bridgehead atoms. The highest BCUT2D eigenvalue weighted by atomic mass is 32.1. The van der Waals surface area contributed by atoms with Crippen LogP contribution in [0.3, 0.4) is 0 Å². The molecule has 0 saturated carbocycles. The number of nitrogens with zero attached hydrogens (tertiary/aromatic N) is 2. The number of nitrogen functional groups attached to an aromatic ring is 1. The number of rotatable bonds is 3. The fourth-order valence-corrected chi connectivity index (χ4v) is 2.88. The molecule has 0 fully saturated rings. The number of anilines is 1. The fourth-order valence-electron chi connectivity index (χ4n) is 2.03. The quantitative estimate of drug-likeness (QED) is 0.803. The molecule has 1 aromatic carbocycles. The first-order valence-electron chi connectivity index (χ1n) is 6.20. The molecule has 0 radical (unpaired) electrons. The third-order valence-electron chi connectivity index (χ3n) is 3.02. The van der Waals surface area contributed by atoms with Crippen LogP contribution in [0.15, 0.2) is 41.9 Å². The van der Waals surface area contributed by atoms with Gasteiger partial charge in [0.2, 0.25) is 0 Å². The standard InChI is InChI=1S/C15H12FN3OS/c1-20-12-6-2-5-10(16)13(12)11-8-21-15(19-11)9-4-3-7-18-14(9)17/h2-8H,1H3,(H2,17,18). The summed E-state index contributed by atoms with van der Waals surface area (Å²) in [5.41, 5.74) is 7.46. The van der Waals surface area contributed by atoms with Crippen LogP contribution in [0.2, 0.25) is 0 Å². The van der Waals surface area contributed by atoms with Gasteiger partial charge in [0.15, 0.2) is 0 Å². The van der Waals surface area contributed by atoms with Gasteiger partial charge in [0.25, 0.3) is 0 Å². The van der Waals surface area contributed by atoms with Gasteiger partial charge in [0.1, 0.15) is 22.4 Å². The summed E-state index contributed by atoms with van der Waals surface area (Å²) in [6.45, 7) is 0. The van der Waals surface area contributed by atoms with Crippen LogP contribution >= 0.6 is 11.3 Å². The van der Waals surface area contributed by atoms with Crippen LogP contribution in [0.4, 0.5) is 10.2 Å². The molecule has 0 amide bonds. The zero-order valence-corrected chi connectivity index (χ0v) is 12.0. The number of thiazole rings is 1. The Morgan fingerprint density at radius 1 is 1.24 bits per heavy atom. The molecule has 21 heavy (non-hydrogen) atoms. The maximum absolute atomic E-state index is 14.1. The van der Waals surface area contributed by atoms with E-state index < -0.39 is 0 Å². The van der Waals surface area contributed by atoms with Crippen molar-refractivity contribution >= 4 is 17.2 Å². The minimum Gasteiger partial charge on any atom is -0.496 e. The van der Waals surface area contributed by atoms with Crippen molar-refractivity contribution in [3.05, 3.63) is 47.7 Å². The van der Waals surface area contributed by atoms with Gasteiger partial charge in [-0.3, -0.25) is 0 Å². The van der Waals surface area contributed by atoms with E-state index in [2.05, 4.69) is 9.97 Å². The second-order valence-corrected chi connectivity index (χ2v) is 5.15. The number of nitrogens with two attached hydrogens (primary N) is 1. The lowest BCUT2D eigenvalue weighted by Gasteiger charge is -2.06. The number of hydrogen-bond acceptors (Lipinski definition) is 5. The minimum absolute atomic E-state index is 0.352. The third-order valence-corrected chi connectivity index (χ3v) is 3.90. The average molecular weight is 301 g/mol. The topological polar surface area (TPSA) is 61.0 Å². The summed E-state index contributed by atoms with van der Waals surface area (Å²) in [7, 11) is 1.50. The molecular formula is C15H12FN3OS. The second-order valence-electron chi connectivity index (χ2n) is 4.29. The van der Waals surface area contributed by atoms with Crippen molar-refractivity contribution in [1.82, 2.24) is 9.97 Å². The highest BCUT2D eigenvalue weighted by Crippen LogP contribution is 2.36. The third kappa shape index (κ3) is 2.45. The van der Waals surface area contributed by atoms with Gasteiger partial charge in [0, 0.05) is 11.6 Å². The lowest BCUT2D eigenvalue weighted by Crippen LogP contribution is -1.94. The van der Waals surface area contributed by atoms with Gasteiger partial charge in [-0.2, -0.15) is 0 Å². The Balaban J connectivity index is 2.10. The zero-order chi connectivity index (χ0) is 14.8. The number of pyridine rings is 1. The van der Waals surface area contributed by atoms with Gasteiger partial charge in [-0.05, 0) is 24.3 Å². The van der Waals surface area contributed by atoms with Crippen LogP contribution in [0.25, 0.3) is 21.8 Å². The van der Waals surface area contributed by atoms with Crippen LogP contribution in [0.5, 0.6) is 5.75 Å². The molecular weight excluding hydrogens is 289 g/mol. The number of aromatic nitrogens is 2. The molecule has 0 atom stereocenters. The molecule has 106 valence electrons. The highest BCUT2D eigenvalue weighted by Gasteiger charge is 2.16. The summed E-state index contributed by atoms with van der Waals surface area (Å²) in [6.07, 6.45) is 1.62. The van der Waals surface area contributed by atoms with Crippen molar-refractivity contribution < 1.29 is 9.13 Å². The number of hydrogen-bond donors (Lipinski definition) is 1. The SMILES string of the molecule is COc1cccc(F)c1-c1csc(-c2cccnc2N)n1. The Kier molecular flexibility index (Phi) is 3.53. The summed E-state index contributed by atoms with van der Waals surface area (Å²) in [5.74, 6) is 0.482. The van der Waals surface area contributed by atoms with E-state index in [9.17, 15) is 4.39 Å². The van der Waals surface area contributed by atoms with Crippen molar-refractivity contribution in [2.24, 2.45) is 0 Å². The van der Waals surface area contributed by atoms with Gasteiger partial charge in [-0.1, -0.05) is 6.07 Å². The van der Waals surface area contributed by atoms with E-state index in [-0.39, 0.29) is 5.82 Å². The largest absolute Gasteiger partial charge is 0.496 e. The van der Waals surface area contributed by atoms with Crippen molar-refractivity contribution in [2.75, 3.05) is 12.8 Å². The predicted molar refractivity (Wildman–Crippen MR) is 81.7 cm³/mol. The van der Waals surface area contributed by atoms with Gasteiger partial charge >= 0.3 is 0 Å². The summed E-state index contributed by atoms with van der Waals surface area (Å²) in [6, 6.07) is 8.31. The number of ether oxygens (including phenoxy) is 1. The Morgan fingerprint density at radius 2 is 2.10 bits per heavy atom. The Morgan fingerprint density at radius 3 is 2.86 bits per heavy atom. The molecule has 3 aromatic rings. The summed E-state index contributed by atoms with van der Waals surface area (Å²) in [5, 5.41) is 2.48. The summed E-state index contributed by atoms with van der Waals surface area (Å²) in [4.78, 5) is 8.49. The van der Waals surface area contributed by atoms with E-state index in [1.165, 1.54) is 24.5 Å². The number of halogens is 1. The van der Waals surface area contributed by atoms with Gasteiger partial charge in [0.05, 0.1) is 23.9 Å². The molecule has 4 nitrogen and oxygen atoms in total. The van der Waals surface area contributed by atoms with E-state index >= 15 is 0 Å². The normalized spacial score (nSPS) is 10.6. The minimum atomic E-state index is -0.370. The molecule has 0 aliphatic carbocycles. The second kappa shape index (κ2) is 5.49. The van der Waals surface area contributed by atoms with E-state index in [1.54, 1.807) is 29.8 Å². The molecule has 0 saturated heterocycles. The van der Waals surface area contributed by atoms with Crippen LogP contribution < -0.4 is 10.5 Å². The van der Waals surface area contributed by atoms with Crippen molar-refractivity contribution in [3.63, 3.8) is 0 Å². The van der Waals surface area contributed by atoms with Crippen LogP contribution in [-0.4, -0.2) is 17.1 Å². The van der Waals surface area contributed by atoms with E-state index in [0.29, 0.717) is 27.8 Å². The van der Waals surface area contributed by atoms with Crippen molar-refractivity contribution in [1.29, 1.82) is 0 Å². The fraction of sp³-hybridized carbons (Fsp3) is 0.0667.